The Morgan fingerprint density at radius 3 is 2.29 bits per heavy atom. The maximum atomic E-state index is 11.0. The second kappa shape index (κ2) is 2.99. The van der Waals surface area contributed by atoms with E-state index in [0.29, 0.717) is 10.4 Å². The van der Waals surface area contributed by atoms with Crippen molar-refractivity contribution in [3.05, 3.63) is 33.4 Å². The lowest BCUT2D eigenvalue weighted by atomic mass is 10.2. The molecule has 0 saturated heterocycles. The van der Waals surface area contributed by atoms with E-state index < -0.39 is 11.8 Å². The lowest BCUT2D eigenvalue weighted by molar-refractivity contribution is -0.135. The summed E-state index contributed by atoms with van der Waals surface area (Å²) < 4.78 is 0. The monoisotopic (exact) mass is 208 g/mol. The van der Waals surface area contributed by atoms with Gasteiger partial charge in [0.15, 0.2) is 0 Å². The molecule has 70 valence electrons. The Labute approximate surface area is 83.9 Å². The van der Waals surface area contributed by atoms with E-state index in [9.17, 15) is 9.59 Å². The van der Waals surface area contributed by atoms with Gasteiger partial charge in [-0.15, -0.1) is 0 Å². The number of hydrogen-bond donors (Lipinski definition) is 0. The van der Waals surface area contributed by atoms with Gasteiger partial charge in [0.25, 0.3) is 0 Å². The molecule has 5 heteroatoms. The third-order valence-electron chi connectivity index (χ3n) is 1.91. The third-order valence-corrected chi connectivity index (χ3v) is 2.22. The van der Waals surface area contributed by atoms with E-state index in [1.807, 2.05) is 0 Å². The smallest absolute Gasteiger partial charge is 0.261 e. The van der Waals surface area contributed by atoms with Gasteiger partial charge in [-0.05, 0) is 18.6 Å². The van der Waals surface area contributed by atoms with Crippen LogP contribution in [0, 0.1) is 6.92 Å². The van der Waals surface area contributed by atoms with Crippen molar-refractivity contribution in [1.29, 1.82) is 0 Å². The predicted octanol–water partition coefficient (Wildman–Crippen LogP) is -0.0456. The first-order valence-corrected chi connectivity index (χ1v) is 4.28. The molecule has 0 aromatic heterocycles. The Balaban J connectivity index is 2.98. The number of carbonyl (C=O) groups excluding carboxylic acids is 2. The Hall–Kier alpha value is -1.55. The van der Waals surface area contributed by atoms with Gasteiger partial charge in [0.1, 0.15) is 5.36 Å². The Morgan fingerprint density at radius 1 is 1.07 bits per heavy atom. The molecule has 0 aliphatic carbocycles. The number of hydrogen-bond acceptors (Lipinski definition) is 2. The highest BCUT2D eigenvalue weighted by molar-refractivity contribution is 6.36. The largest absolute Gasteiger partial charge is 0.338 e. The Bertz CT molecular complexity index is 512. The first kappa shape index (κ1) is 9.02. The van der Waals surface area contributed by atoms with Crippen LogP contribution in [0.2, 0.25) is 5.02 Å². The fraction of sp³-hybridized carbons (Fsp3) is 0.111. The SMILES string of the molecule is Cc1ccc(Cl)c2c1=NC(=O)C(=O)N=2. The summed E-state index contributed by atoms with van der Waals surface area (Å²) >= 11 is 5.81. The molecule has 0 N–H and O–H groups in total. The average molecular weight is 209 g/mol. The number of amides is 2. The van der Waals surface area contributed by atoms with Gasteiger partial charge in [0.05, 0.1) is 10.4 Å². The number of fused-ring (bicyclic) bond motifs is 1. The molecule has 1 aromatic rings. The number of aryl methyl sites for hydroxylation is 1. The summed E-state index contributed by atoms with van der Waals surface area (Å²) in [5, 5.41) is 1.01. The van der Waals surface area contributed by atoms with Gasteiger partial charge < -0.3 is 0 Å². The van der Waals surface area contributed by atoms with Crippen LogP contribution in [0.25, 0.3) is 0 Å². The molecular formula is C9H5ClN2O2. The van der Waals surface area contributed by atoms with E-state index in [1.54, 1.807) is 19.1 Å². The Morgan fingerprint density at radius 2 is 1.64 bits per heavy atom. The number of carbonyl (C=O) groups is 2. The summed E-state index contributed by atoms with van der Waals surface area (Å²) in [4.78, 5) is 29.1. The summed E-state index contributed by atoms with van der Waals surface area (Å²) in [6.45, 7) is 1.78. The molecule has 0 fully saturated rings. The second-order valence-corrected chi connectivity index (χ2v) is 3.30. The highest BCUT2D eigenvalue weighted by atomic mass is 35.5. The molecule has 1 aliphatic heterocycles. The zero-order valence-corrected chi connectivity index (χ0v) is 8.00. The van der Waals surface area contributed by atoms with Crippen LogP contribution in [0.15, 0.2) is 22.1 Å². The van der Waals surface area contributed by atoms with Crippen molar-refractivity contribution in [2.75, 3.05) is 0 Å². The first-order chi connectivity index (χ1) is 6.59. The van der Waals surface area contributed by atoms with Crippen molar-refractivity contribution in [3.63, 3.8) is 0 Å². The third kappa shape index (κ3) is 1.24. The van der Waals surface area contributed by atoms with E-state index in [4.69, 9.17) is 11.6 Å². The summed E-state index contributed by atoms with van der Waals surface area (Å²) in [6.07, 6.45) is 0. The molecule has 4 nitrogen and oxygen atoms in total. The van der Waals surface area contributed by atoms with E-state index in [1.165, 1.54) is 0 Å². The van der Waals surface area contributed by atoms with Gasteiger partial charge in [-0.2, -0.15) is 0 Å². The van der Waals surface area contributed by atoms with Gasteiger partial charge >= 0.3 is 11.8 Å². The van der Waals surface area contributed by atoms with Crippen molar-refractivity contribution in [1.82, 2.24) is 0 Å². The molecule has 0 spiro atoms. The molecule has 0 unspecified atom stereocenters. The predicted molar refractivity (Wildman–Crippen MR) is 48.5 cm³/mol. The highest BCUT2D eigenvalue weighted by Crippen LogP contribution is 2.01. The van der Waals surface area contributed by atoms with Crippen LogP contribution < -0.4 is 10.7 Å². The zero-order valence-electron chi connectivity index (χ0n) is 7.24. The lowest BCUT2D eigenvalue weighted by Gasteiger charge is -2.01. The molecule has 2 rings (SSSR count). The average Bonchev–Trinajstić information content (AvgIpc) is 2.15. The maximum Gasteiger partial charge on any atom is 0.338 e. The number of rotatable bonds is 0. The quantitative estimate of drug-likeness (QED) is 0.562. The minimum absolute atomic E-state index is 0.288. The van der Waals surface area contributed by atoms with Gasteiger partial charge in [0, 0.05) is 0 Å². The van der Waals surface area contributed by atoms with E-state index in [-0.39, 0.29) is 5.36 Å². The van der Waals surface area contributed by atoms with Crippen LogP contribution in [0.5, 0.6) is 0 Å². The van der Waals surface area contributed by atoms with Gasteiger partial charge in [0.2, 0.25) is 0 Å². The van der Waals surface area contributed by atoms with Crippen LogP contribution in [-0.2, 0) is 9.59 Å². The van der Waals surface area contributed by atoms with Gasteiger partial charge in [-0.3, -0.25) is 9.59 Å². The molecule has 0 bridgehead atoms. The van der Waals surface area contributed by atoms with Gasteiger partial charge in [-0.1, -0.05) is 17.7 Å². The summed E-state index contributed by atoms with van der Waals surface area (Å²) in [6, 6.07) is 3.35. The first-order valence-electron chi connectivity index (χ1n) is 3.90. The molecule has 14 heavy (non-hydrogen) atoms. The van der Waals surface area contributed by atoms with Crippen LogP contribution in [-0.4, -0.2) is 11.8 Å². The van der Waals surface area contributed by atoms with Gasteiger partial charge in [-0.25, -0.2) is 9.98 Å². The molecule has 2 amide bonds. The fourth-order valence-corrected chi connectivity index (χ4v) is 1.40. The summed E-state index contributed by atoms with van der Waals surface area (Å²) in [5.41, 5.74) is 0.772. The maximum absolute atomic E-state index is 11.0. The van der Waals surface area contributed by atoms with Crippen molar-refractivity contribution >= 4 is 23.4 Å². The standard InChI is InChI=1S/C9H5ClN2O2/c1-4-2-3-5(10)7-6(4)11-8(13)9(14)12-7/h2-3H,1H3. The fourth-order valence-electron chi connectivity index (χ4n) is 1.20. The molecule has 0 saturated carbocycles. The minimum Gasteiger partial charge on any atom is -0.261 e. The molecule has 0 radical (unpaired) electrons. The topological polar surface area (TPSA) is 58.9 Å². The molecular weight excluding hydrogens is 204 g/mol. The number of nitrogens with zero attached hydrogens (tertiary/aromatic N) is 2. The Kier molecular flexibility index (Phi) is 1.93. The number of halogens is 1. The van der Waals surface area contributed by atoms with E-state index >= 15 is 0 Å². The summed E-state index contributed by atoms with van der Waals surface area (Å²) in [5.74, 6) is -1.71. The second-order valence-electron chi connectivity index (χ2n) is 2.90. The van der Waals surface area contributed by atoms with Crippen molar-refractivity contribution in [2.24, 2.45) is 9.98 Å². The zero-order chi connectivity index (χ0) is 10.3. The van der Waals surface area contributed by atoms with E-state index in [0.717, 1.165) is 5.56 Å². The van der Waals surface area contributed by atoms with Crippen molar-refractivity contribution in [2.45, 2.75) is 6.92 Å². The molecule has 1 aliphatic rings. The summed E-state index contributed by atoms with van der Waals surface area (Å²) in [7, 11) is 0. The minimum atomic E-state index is -0.870. The van der Waals surface area contributed by atoms with Crippen LogP contribution in [0.1, 0.15) is 5.56 Å². The van der Waals surface area contributed by atoms with Crippen molar-refractivity contribution in [3.8, 4) is 0 Å². The molecule has 1 aromatic carbocycles. The van der Waals surface area contributed by atoms with Crippen LogP contribution >= 0.6 is 11.6 Å². The highest BCUT2D eigenvalue weighted by Gasteiger charge is 2.17. The normalized spacial score (nSPS) is 14.4. The van der Waals surface area contributed by atoms with Crippen molar-refractivity contribution < 1.29 is 9.59 Å². The number of benzene rings is 1. The van der Waals surface area contributed by atoms with Crippen LogP contribution in [0.3, 0.4) is 0 Å². The van der Waals surface area contributed by atoms with Crippen LogP contribution in [0.4, 0.5) is 0 Å². The lowest BCUT2D eigenvalue weighted by Crippen LogP contribution is -2.37. The molecule has 1 heterocycles. The van der Waals surface area contributed by atoms with E-state index in [2.05, 4.69) is 9.98 Å². The molecule has 0 atom stereocenters.